The first-order valence-electron chi connectivity index (χ1n) is 8.00. The molecule has 5 nitrogen and oxygen atoms in total. The van der Waals surface area contributed by atoms with Crippen LogP contribution in [0.2, 0.25) is 0 Å². The van der Waals surface area contributed by atoms with E-state index in [9.17, 15) is 9.59 Å². The average molecular weight is 341 g/mol. The highest BCUT2D eigenvalue weighted by Gasteiger charge is 2.18. The van der Waals surface area contributed by atoms with Crippen molar-refractivity contribution in [1.82, 2.24) is 0 Å². The second-order valence-electron chi connectivity index (χ2n) is 6.66. The fourth-order valence-corrected chi connectivity index (χ4v) is 2.46. The predicted molar refractivity (Wildman–Crippen MR) is 97.6 cm³/mol. The van der Waals surface area contributed by atoms with Crippen molar-refractivity contribution in [1.29, 1.82) is 0 Å². The minimum Gasteiger partial charge on any atom is -0.493 e. The van der Waals surface area contributed by atoms with Crippen molar-refractivity contribution >= 4 is 17.9 Å². The highest BCUT2D eigenvalue weighted by molar-refractivity contribution is 5.93. The topological polar surface area (TPSA) is 64.6 Å². The number of methoxy groups -OCH3 is 1. The van der Waals surface area contributed by atoms with E-state index >= 15 is 0 Å². The molecule has 0 spiro atoms. The minimum atomic E-state index is -0.282. The van der Waals surface area contributed by atoms with Gasteiger partial charge in [0, 0.05) is 11.3 Å². The van der Waals surface area contributed by atoms with Crippen molar-refractivity contribution in [3.05, 3.63) is 53.6 Å². The lowest BCUT2D eigenvalue weighted by Crippen LogP contribution is -2.23. The van der Waals surface area contributed by atoms with E-state index in [0.29, 0.717) is 23.3 Å². The van der Waals surface area contributed by atoms with Gasteiger partial charge in [-0.1, -0.05) is 39.0 Å². The minimum absolute atomic E-state index is 0.0910. The van der Waals surface area contributed by atoms with E-state index in [-0.39, 0.29) is 17.9 Å². The Bertz CT molecular complexity index is 763. The van der Waals surface area contributed by atoms with Crippen LogP contribution >= 0.6 is 0 Å². The summed E-state index contributed by atoms with van der Waals surface area (Å²) in [5, 5.41) is 2.88. The summed E-state index contributed by atoms with van der Waals surface area (Å²) in [4.78, 5) is 23.2. The number of carbonyl (C=O) groups excluding carboxylic acids is 2. The third-order valence-electron chi connectivity index (χ3n) is 3.69. The molecule has 0 aliphatic rings. The van der Waals surface area contributed by atoms with Crippen molar-refractivity contribution in [3.8, 4) is 11.5 Å². The highest BCUT2D eigenvalue weighted by Crippen LogP contribution is 2.30. The van der Waals surface area contributed by atoms with E-state index in [4.69, 9.17) is 9.47 Å². The molecule has 25 heavy (non-hydrogen) atoms. The maximum absolute atomic E-state index is 12.3. The van der Waals surface area contributed by atoms with E-state index in [1.54, 1.807) is 18.2 Å². The molecule has 0 fully saturated rings. The Morgan fingerprint density at radius 1 is 1.12 bits per heavy atom. The van der Waals surface area contributed by atoms with Gasteiger partial charge in [-0.05, 0) is 35.2 Å². The monoisotopic (exact) mass is 341 g/mol. The zero-order chi connectivity index (χ0) is 18.4. The number of aldehydes is 1. The Kier molecular flexibility index (Phi) is 5.80. The van der Waals surface area contributed by atoms with Gasteiger partial charge < -0.3 is 14.8 Å². The number of anilines is 1. The number of hydrogen-bond donors (Lipinski definition) is 1. The second-order valence-corrected chi connectivity index (χ2v) is 6.66. The Labute approximate surface area is 148 Å². The molecular formula is C20H23NO4. The van der Waals surface area contributed by atoms with Crippen LogP contribution in [0, 0.1) is 0 Å². The standard InChI is InChI=1S/C20H23NO4/c1-20(2,3)15-7-5-6-8-16(15)21-19(23)13-25-18-11-14(12-22)9-10-17(18)24-4/h5-12H,13H2,1-4H3,(H,21,23). The number of carbonyl (C=O) groups is 2. The van der Waals surface area contributed by atoms with Crippen LogP contribution in [0.3, 0.4) is 0 Å². The largest absolute Gasteiger partial charge is 0.493 e. The van der Waals surface area contributed by atoms with Gasteiger partial charge in [-0.15, -0.1) is 0 Å². The number of rotatable bonds is 6. The molecule has 0 radical (unpaired) electrons. The summed E-state index contributed by atoms with van der Waals surface area (Å²) in [6, 6.07) is 12.5. The van der Waals surface area contributed by atoms with Crippen LogP contribution < -0.4 is 14.8 Å². The van der Waals surface area contributed by atoms with E-state index < -0.39 is 0 Å². The molecule has 132 valence electrons. The van der Waals surface area contributed by atoms with Gasteiger partial charge in [-0.2, -0.15) is 0 Å². The predicted octanol–water partition coefficient (Wildman–Crippen LogP) is 3.82. The summed E-state index contributed by atoms with van der Waals surface area (Å²) in [7, 11) is 1.50. The van der Waals surface area contributed by atoms with Crippen LogP contribution in [0.15, 0.2) is 42.5 Å². The van der Waals surface area contributed by atoms with E-state index in [2.05, 4.69) is 26.1 Å². The van der Waals surface area contributed by atoms with E-state index in [1.165, 1.54) is 7.11 Å². The Hall–Kier alpha value is -2.82. The van der Waals surface area contributed by atoms with Crippen LogP contribution in [0.1, 0.15) is 36.7 Å². The highest BCUT2D eigenvalue weighted by atomic mass is 16.5. The maximum Gasteiger partial charge on any atom is 0.262 e. The SMILES string of the molecule is COc1ccc(C=O)cc1OCC(=O)Nc1ccccc1C(C)(C)C. The van der Waals surface area contributed by atoms with Gasteiger partial charge in [0.05, 0.1) is 7.11 Å². The van der Waals surface area contributed by atoms with Crippen molar-refractivity contribution in [2.75, 3.05) is 19.0 Å². The molecule has 0 aliphatic heterocycles. The summed E-state index contributed by atoms with van der Waals surface area (Å²) in [5.41, 5.74) is 2.17. The van der Waals surface area contributed by atoms with Gasteiger partial charge in [0.1, 0.15) is 6.29 Å². The molecule has 0 saturated heterocycles. The number of hydrogen-bond acceptors (Lipinski definition) is 4. The summed E-state index contributed by atoms with van der Waals surface area (Å²) in [5.74, 6) is 0.537. The summed E-state index contributed by atoms with van der Waals surface area (Å²) >= 11 is 0. The molecule has 0 saturated carbocycles. The summed E-state index contributed by atoms with van der Waals surface area (Å²) < 4.78 is 10.7. The van der Waals surface area contributed by atoms with Gasteiger partial charge in [0.25, 0.3) is 5.91 Å². The molecule has 0 bridgehead atoms. The van der Waals surface area contributed by atoms with Crippen LogP contribution in [-0.2, 0) is 10.2 Å². The van der Waals surface area contributed by atoms with Crippen LogP contribution in [0.5, 0.6) is 11.5 Å². The maximum atomic E-state index is 12.3. The Morgan fingerprint density at radius 3 is 2.48 bits per heavy atom. The quantitative estimate of drug-likeness (QED) is 0.811. The molecular weight excluding hydrogens is 318 g/mol. The molecule has 5 heteroatoms. The van der Waals surface area contributed by atoms with Crippen LogP contribution in [-0.4, -0.2) is 25.9 Å². The zero-order valence-corrected chi connectivity index (χ0v) is 15.0. The molecule has 0 aromatic heterocycles. The smallest absolute Gasteiger partial charge is 0.262 e. The first kappa shape index (κ1) is 18.5. The third kappa shape index (κ3) is 4.83. The first-order chi connectivity index (χ1) is 11.8. The van der Waals surface area contributed by atoms with Crippen molar-refractivity contribution in [2.24, 2.45) is 0 Å². The molecule has 1 N–H and O–H groups in total. The normalized spacial score (nSPS) is 10.9. The average Bonchev–Trinajstić information content (AvgIpc) is 2.59. The van der Waals surface area contributed by atoms with Gasteiger partial charge in [-0.25, -0.2) is 0 Å². The number of amides is 1. The molecule has 0 atom stereocenters. The molecule has 2 aromatic carbocycles. The van der Waals surface area contributed by atoms with Crippen molar-refractivity contribution in [2.45, 2.75) is 26.2 Å². The van der Waals surface area contributed by atoms with Crippen molar-refractivity contribution in [3.63, 3.8) is 0 Å². The fourth-order valence-electron chi connectivity index (χ4n) is 2.46. The third-order valence-corrected chi connectivity index (χ3v) is 3.69. The molecule has 0 heterocycles. The van der Waals surface area contributed by atoms with Crippen molar-refractivity contribution < 1.29 is 19.1 Å². The van der Waals surface area contributed by atoms with Crippen LogP contribution in [0.4, 0.5) is 5.69 Å². The fraction of sp³-hybridized carbons (Fsp3) is 0.300. The molecule has 2 aromatic rings. The number of benzene rings is 2. The molecule has 1 amide bonds. The summed E-state index contributed by atoms with van der Waals surface area (Å²) in [6.07, 6.45) is 0.714. The van der Waals surface area contributed by atoms with E-state index in [0.717, 1.165) is 11.3 Å². The Balaban J connectivity index is 2.09. The van der Waals surface area contributed by atoms with Gasteiger partial charge in [-0.3, -0.25) is 9.59 Å². The Morgan fingerprint density at radius 2 is 1.84 bits per heavy atom. The number of nitrogens with one attached hydrogen (secondary N) is 1. The molecule has 0 aliphatic carbocycles. The summed E-state index contributed by atoms with van der Waals surface area (Å²) in [6.45, 7) is 6.08. The lowest BCUT2D eigenvalue weighted by molar-refractivity contribution is -0.118. The number of ether oxygens (including phenoxy) is 2. The first-order valence-corrected chi connectivity index (χ1v) is 8.00. The van der Waals surface area contributed by atoms with Gasteiger partial charge >= 0.3 is 0 Å². The lowest BCUT2D eigenvalue weighted by Gasteiger charge is -2.23. The van der Waals surface area contributed by atoms with Crippen LogP contribution in [0.25, 0.3) is 0 Å². The zero-order valence-electron chi connectivity index (χ0n) is 15.0. The molecule has 2 rings (SSSR count). The van der Waals surface area contributed by atoms with Gasteiger partial charge in [0.15, 0.2) is 18.1 Å². The second kappa shape index (κ2) is 7.83. The van der Waals surface area contributed by atoms with E-state index in [1.807, 2.05) is 24.3 Å². The number of para-hydroxylation sites is 1. The molecule has 0 unspecified atom stereocenters. The van der Waals surface area contributed by atoms with Gasteiger partial charge in [0.2, 0.25) is 0 Å². The lowest BCUT2D eigenvalue weighted by atomic mass is 9.86.